The van der Waals surface area contributed by atoms with Gasteiger partial charge in [0.15, 0.2) is 0 Å². The lowest BCUT2D eigenvalue weighted by atomic mass is 9.94. The molecular weight excluding hydrogens is 366 g/mol. The zero-order valence-corrected chi connectivity index (χ0v) is 17.2. The first-order chi connectivity index (χ1) is 13.9. The quantitative estimate of drug-likeness (QED) is 0.675. The molecule has 1 atom stereocenters. The number of likely N-dealkylation sites (tertiary alicyclic amines) is 1. The summed E-state index contributed by atoms with van der Waals surface area (Å²) in [7, 11) is 0. The topological polar surface area (TPSA) is 81.7 Å². The van der Waals surface area contributed by atoms with Gasteiger partial charge in [0.1, 0.15) is 5.75 Å². The molecule has 6 heteroatoms. The number of phenolic OH excluding ortho intramolecular Hbond substituents is 1. The molecule has 3 rings (SSSR count). The number of hydrogen-bond acceptors (Lipinski definition) is 4. The fraction of sp³-hybridized carbons (Fsp3) is 0.391. The average molecular weight is 396 g/mol. The smallest absolute Gasteiger partial charge is 0.241 e. The van der Waals surface area contributed by atoms with Crippen LogP contribution < -0.4 is 10.6 Å². The molecular formula is C23H29N3O3. The Kier molecular flexibility index (Phi) is 6.54. The summed E-state index contributed by atoms with van der Waals surface area (Å²) >= 11 is 0. The molecule has 0 aliphatic carbocycles. The SMILES string of the molecule is Cc1cccc(C)c1NC(=O)C(C)N1CCC(C(=O)Nc2ccccc2O)CC1. The Balaban J connectivity index is 1.54. The molecule has 2 aromatic rings. The number of carbonyl (C=O) groups excluding carboxylic acids is 2. The van der Waals surface area contributed by atoms with Crippen molar-refractivity contribution < 1.29 is 14.7 Å². The van der Waals surface area contributed by atoms with E-state index in [1.807, 2.05) is 39.0 Å². The summed E-state index contributed by atoms with van der Waals surface area (Å²) in [4.78, 5) is 27.4. The minimum absolute atomic E-state index is 0.0282. The van der Waals surface area contributed by atoms with Gasteiger partial charge in [0.05, 0.1) is 11.7 Å². The molecule has 29 heavy (non-hydrogen) atoms. The highest BCUT2D eigenvalue weighted by Crippen LogP contribution is 2.26. The first-order valence-corrected chi connectivity index (χ1v) is 10.1. The van der Waals surface area contributed by atoms with Crippen molar-refractivity contribution in [1.29, 1.82) is 0 Å². The molecule has 1 heterocycles. The average Bonchev–Trinajstić information content (AvgIpc) is 2.72. The summed E-state index contributed by atoms with van der Waals surface area (Å²) in [5.41, 5.74) is 3.40. The molecule has 1 saturated heterocycles. The van der Waals surface area contributed by atoms with Crippen LogP contribution in [0.5, 0.6) is 5.75 Å². The summed E-state index contributed by atoms with van der Waals surface area (Å²) in [5.74, 6) is -0.173. The van der Waals surface area contributed by atoms with Crippen molar-refractivity contribution >= 4 is 23.2 Å². The van der Waals surface area contributed by atoms with Gasteiger partial charge in [0.25, 0.3) is 0 Å². The Bertz CT molecular complexity index is 868. The number of benzene rings is 2. The molecule has 0 bridgehead atoms. The number of hydrogen-bond donors (Lipinski definition) is 3. The summed E-state index contributed by atoms with van der Waals surface area (Å²) in [6.07, 6.45) is 1.36. The lowest BCUT2D eigenvalue weighted by molar-refractivity contribution is -0.123. The molecule has 6 nitrogen and oxygen atoms in total. The van der Waals surface area contributed by atoms with E-state index in [-0.39, 0.29) is 29.5 Å². The zero-order chi connectivity index (χ0) is 21.0. The fourth-order valence-corrected chi connectivity index (χ4v) is 3.77. The Morgan fingerprint density at radius 3 is 2.24 bits per heavy atom. The second-order valence-electron chi connectivity index (χ2n) is 7.75. The monoisotopic (exact) mass is 395 g/mol. The Morgan fingerprint density at radius 1 is 1.00 bits per heavy atom. The third-order valence-electron chi connectivity index (χ3n) is 5.72. The minimum Gasteiger partial charge on any atom is -0.506 e. The first kappa shape index (κ1) is 20.9. The van der Waals surface area contributed by atoms with Gasteiger partial charge in [-0.2, -0.15) is 0 Å². The Morgan fingerprint density at radius 2 is 1.62 bits per heavy atom. The van der Waals surface area contributed by atoms with E-state index in [4.69, 9.17) is 0 Å². The molecule has 2 aromatic carbocycles. The van der Waals surface area contributed by atoms with E-state index < -0.39 is 0 Å². The summed E-state index contributed by atoms with van der Waals surface area (Å²) in [6.45, 7) is 7.25. The number of nitrogens with zero attached hydrogens (tertiary/aromatic N) is 1. The first-order valence-electron chi connectivity index (χ1n) is 10.1. The summed E-state index contributed by atoms with van der Waals surface area (Å²) < 4.78 is 0. The lowest BCUT2D eigenvalue weighted by Gasteiger charge is -2.35. The Hall–Kier alpha value is -2.86. The standard InChI is InChI=1S/C23H29N3O3/c1-15-7-6-8-16(2)21(15)25-22(28)17(3)26-13-11-18(12-14-26)23(29)24-19-9-4-5-10-20(19)27/h4-10,17-18,27H,11-14H2,1-3H3,(H,24,29)(H,25,28). The van der Waals surface area contributed by atoms with Crippen LogP contribution in [-0.2, 0) is 9.59 Å². The zero-order valence-electron chi connectivity index (χ0n) is 17.2. The molecule has 154 valence electrons. The van der Waals surface area contributed by atoms with Gasteiger partial charge in [0, 0.05) is 11.6 Å². The second kappa shape index (κ2) is 9.09. The number of para-hydroxylation sites is 3. The molecule has 1 unspecified atom stereocenters. The van der Waals surface area contributed by atoms with Gasteiger partial charge in [-0.05, 0) is 70.0 Å². The van der Waals surface area contributed by atoms with Crippen molar-refractivity contribution in [2.24, 2.45) is 5.92 Å². The van der Waals surface area contributed by atoms with E-state index in [0.29, 0.717) is 31.6 Å². The van der Waals surface area contributed by atoms with Crippen LogP contribution in [0.15, 0.2) is 42.5 Å². The van der Waals surface area contributed by atoms with E-state index in [1.54, 1.807) is 24.3 Å². The molecule has 0 spiro atoms. The third-order valence-corrected chi connectivity index (χ3v) is 5.72. The molecule has 1 aliphatic rings. The van der Waals surface area contributed by atoms with E-state index in [0.717, 1.165) is 16.8 Å². The number of piperidine rings is 1. The highest BCUT2D eigenvalue weighted by molar-refractivity contribution is 5.96. The van der Waals surface area contributed by atoms with E-state index in [2.05, 4.69) is 15.5 Å². The van der Waals surface area contributed by atoms with Crippen LogP contribution in [0.1, 0.15) is 30.9 Å². The summed E-state index contributed by atoms with van der Waals surface area (Å²) in [6, 6.07) is 12.4. The number of nitrogens with one attached hydrogen (secondary N) is 2. The van der Waals surface area contributed by atoms with Crippen LogP contribution in [0.2, 0.25) is 0 Å². The van der Waals surface area contributed by atoms with Crippen molar-refractivity contribution in [2.75, 3.05) is 23.7 Å². The number of aryl methyl sites for hydroxylation is 2. The Labute approximate surface area is 171 Å². The number of carbonyl (C=O) groups is 2. The minimum atomic E-state index is -0.267. The maximum Gasteiger partial charge on any atom is 0.241 e. The number of anilines is 2. The van der Waals surface area contributed by atoms with Gasteiger partial charge < -0.3 is 15.7 Å². The highest BCUT2D eigenvalue weighted by Gasteiger charge is 2.30. The van der Waals surface area contributed by atoms with Crippen LogP contribution in [0.4, 0.5) is 11.4 Å². The number of phenols is 1. The maximum atomic E-state index is 12.8. The molecule has 2 amide bonds. The molecule has 0 radical (unpaired) electrons. The molecule has 0 aromatic heterocycles. The highest BCUT2D eigenvalue weighted by atomic mass is 16.3. The summed E-state index contributed by atoms with van der Waals surface area (Å²) in [5, 5.41) is 15.7. The predicted octanol–water partition coefficient (Wildman–Crippen LogP) is 3.69. The van der Waals surface area contributed by atoms with Crippen LogP contribution in [0.25, 0.3) is 0 Å². The van der Waals surface area contributed by atoms with Crippen molar-refractivity contribution in [2.45, 2.75) is 39.7 Å². The molecule has 1 fully saturated rings. The van der Waals surface area contributed by atoms with Crippen LogP contribution in [-0.4, -0.2) is 41.0 Å². The largest absolute Gasteiger partial charge is 0.506 e. The third kappa shape index (κ3) is 4.95. The number of rotatable bonds is 5. The fourth-order valence-electron chi connectivity index (χ4n) is 3.77. The van der Waals surface area contributed by atoms with E-state index in [1.165, 1.54) is 0 Å². The number of amides is 2. The van der Waals surface area contributed by atoms with Crippen molar-refractivity contribution in [3.05, 3.63) is 53.6 Å². The maximum absolute atomic E-state index is 12.8. The van der Waals surface area contributed by atoms with E-state index >= 15 is 0 Å². The van der Waals surface area contributed by atoms with Gasteiger partial charge >= 0.3 is 0 Å². The van der Waals surface area contributed by atoms with Crippen LogP contribution >= 0.6 is 0 Å². The number of aromatic hydroxyl groups is 1. The predicted molar refractivity (Wildman–Crippen MR) is 115 cm³/mol. The molecule has 1 aliphatic heterocycles. The normalized spacial score (nSPS) is 16.2. The lowest BCUT2D eigenvalue weighted by Crippen LogP contribution is -2.47. The van der Waals surface area contributed by atoms with Gasteiger partial charge in [-0.15, -0.1) is 0 Å². The van der Waals surface area contributed by atoms with Crippen LogP contribution in [0, 0.1) is 19.8 Å². The van der Waals surface area contributed by atoms with Gasteiger partial charge in [-0.3, -0.25) is 14.5 Å². The van der Waals surface area contributed by atoms with Gasteiger partial charge in [-0.25, -0.2) is 0 Å². The van der Waals surface area contributed by atoms with E-state index in [9.17, 15) is 14.7 Å². The van der Waals surface area contributed by atoms with Crippen molar-refractivity contribution in [3.8, 4) is 5.75 Å². The van der Waals surface area contributed by atoms with Gasteiger partial charge in [0.2, 0.25) is 11.8 Å². The van der Waals surface area contributed by atoms with Gasteiger partial charge in [-0.1, -0.05) is 30.3 Å². The second-order valence-corrected chi connectivity index (χ2v) is 7.75. The van der Waals surface area contributed by atoms with Crippen molar-refractivity contribution in [1.82, 2.24) is 4.90 Å². The molecule has 3 N–H and O–H groups in total. The van der Waals surface area contributed by atoms with Crippen molar-refractivity contribution in [3.63, 3.8) is 0 Å². The van der Waals surface area contributed by atoms with Crippen LogP contribution in [0.3, 0.4) is 0 Å². The molecule has 0 saturated carbocycles.